The number of halogens is 2. The Morgan fingerprint density at radius 3 is 2.47 bits per heavy atom. The van der Waals surface area contributed by atoms with Gasteiger partial charge in [0.2, 0.25) is 5.90 Å². The number of hydrogen-bond acceptors (Lipinski definition) is 5. The van der Waals surface area contributed by atoms with E-state index in [2.05, 4.69) is 4.99 Å². The Morgan fingerprint density at radius 2 is 1.72 bits per heavy atom. The van der Waals surface area contributed by atoms with Crippen molar-refractivity contribution in [2.24, 2.45) is 4.99 Å². The molecule has 32 heavy (non-hydrogen) atoms. The van der Waals surface area contributed by atoms with Crippen LogP contribution in [0.4, 0.5) is 0 Å². The van der Waals surface area contributed by atoms with Gasteiger partial charge in [0.1, 0.15) is 6.61 Å². The molecule has 4 rings (SSSR count). The van der Waals surface area contributed by atoms with E-state index in [9.17, 15) is 4.79 Å². The molecule has 0 aliphatic carbocycles. The minimum absolute atomic E-state index is 0.190. The molecule has 0 saturated heterocycles. The molecule has 0 atom stereocenters. The van der Waals surface area contributed by atoms with E-state index >= 15 is 0 Å². The van der Waals surface area contributed by atoms with Crippen molar-refractivity contribution in [3.05, 3.63) is 99.2 Å². The third kappa shape index (κ3) is 5.31. The number of carbonyl (C=O) groups is 1. The van der Waals surface area contributed by atoms with Crippen LogP contribution in [0.2, 0.25) is 10.0 Å². The molecule has 1 heterocycles. The highest BCUT2D eigenvalue weighted by atomic mass is 35.5. The summed E-state index contributed by atoms with van der Waals surface area (Å²) in [5.41, 5.74) is 2.50. The standard InChI is InChI=1S/C25H19Cl2NO4/c1-2-30-23-13-16(9-10-22(23)31-15-17-5-3-7-19(26)11-17)12-21-25(29)32-24(28-21)18-6-4-8-20(27)14-18/h3-14H,2,15H2,1H3/b21-12-. The minimum Gasteiger partial charge on any atom is -0.490 e. The van der Waals surface area contributed by atoms with Crippen molar-refractivity contribution in [2.75, 3.05) is 6.61 Å². The van der Waals surface area contributed by atoms with Gasteiger partial charge in [-0.15, -0.1) is 0 Å². The summed E-state index contributed by atoms with van der Waals surface area (Å²) in [6.07, 6.45) is 1.64. The van der Waals surface area contributed by atoms with Gasteiger partial charge in [0.15, 0.2) is 17.2 Å². The number of carbonyl (C=O) groups excluding carboxylic acids is 1. The Bertz CT molecular complexity index is 1220. The van der Waals surface area contributed by atoms with Gasteiger partial charge in [-0.1, -0.05) is 47.5 Å². The van der Waals surface area contributed by atoms with Crippen molar-refractivity contribution in [3.8, 4) is 11.5 Å². The number of nitrogens with zero attached hydrogens (tertiary/aromatic N) is 1. The SMILES string of the molecule is CCOc1cc(/C=C2\N=C(c3cccc(Cl)c3)OC2=O)ccc1OCc1cccc(Cl)c1. The minimum atomic E-state index is -0.529. The zero-order valence-electron chi connectivity index (χ0n) is 17.2. The monoisotopic (exact) mass is 467 g/mol. The van der Waals surface area contributed by atoms with Gasteiger partial charge in [-0.3, -0.25) is 0 Å². The number of aliphatic imine (C=N–C) groups is 1. The van der Waals surface area contributed by atoms with Crippen LogP contribution in [0, 0.1) is 0 Å². The van der Waals surface area contributed by atoms with Crippen molar-refractivity contribution in [1.29, 1.82) is 0 Å². The van der Waals surface area contributed by atoms with Crippen LogP contribution in [0.3, 0.4) is 0 Å². The summed E-state index contributed by atoms with van der Waals surface area (Å²) in [7, 11) is 0. The number of rotatable bonds is 7. The van der Waals surface area contributed by atoms with Crippen LogP contribution in [0.25, 0.3) is 6.08 Å². The lowest BCUT2D eigenvalue weighted by atomic mass is 10.1. The summed E-state index contributed by atoms with van der Waals surface area (Å²) >= 11 is 12.1. The maximum Gasteiger partial charge on any atom is 0.363 e. The molecule has 3 aromatic carbocycles. The Balaban J connectivity index is 1.56. The van der Waals surface area contributed by atoms with Crippen LogP contribution in [0.15, 0.2) is 77.4 Å². The van der Waals surface area contributed by atoms with Crippen LogP contribution in [-0.2, 0) is 16.1 Å². The third-order valence-electron chi connectivity index (χ3n) is 4.55. The van der Waals surface area contributed by atoms with Crippen LogP contribution in [0.1, 0.15) is 23.6 Å². The summed E-state index contributed by atoms with van der Waals surface area (Å²) < 4.78 is 17.0. The molecule has 0 bridgehead atoms. The fourth-order valence-electron chi connectivity index (χ4n) is 3.10. The summed E-state index contributed by atoms with van der Waals surface area (Å²) in [6, 6.07) is 19.9. The third-order valence-corrected chi connectivity index (χ3v) is 5.02. The number of benzene rings is 3. The molecule has 3 aromatic rings. The van der Waals surface area contributed by atoms with E-state index in [0.29, 0.717) is 40.3 Å². The van der Waals surface area contributed by atoms with E-state index in [1.165, 1.54) is 0 Å². The molecular weight excluding hydrogens is 449 g/mol. The number of ether oxygens (including phenoxy) is 3. The van der Waals surface area contributed by atoms with Crippen molar-refractivity contribution < 1.29 is 19.0 Å². The number of cyclic esters (lactones) is 1. The molecule has 0 radical (unpaired) electrons. The molecule has 0 unspecified atom stereocenters. The van der Waals surface area contributed by atoms with Gasteiger partial charge >= 0.3 is 5.97 Å². The highest BCUT2D eigenvalue weighted by Crippen LogP contribution is 2.31. The molecule has 0 N–H and O–H groups in total. The van der Waals surface area contributed by atoms with Crippen LogP contribution in [0.5, 0.6) is 11.5 Å². The Labute approximate surface area is 195 Å². The van der Waals surface area contributed by atoms with E-state index in [-0.39, 0.29) is 11.6 Å². The molecule has 0 saturated carbocycles. The molecule has 0 fully saturated rings. The predicted molar refractivity (Wildman–Crippen MR) is 125 cm³/mol. The summed E-state index contributed by atoms with van der Waals surface area (Å²) in [5, 5.41) is 1.19. The lowest BCUT2D eigenvalue weighted by Crippen LogP contribution is -2.05. The Hall–Kier alpha value is -3.28. The maximum absolute atomic E-state index is 12.3. The van der Waals surface area contributed by atoms with Gasteiger partial charge in [-0.05, 0) is 66.6 Å². The normalized spacial score (nSPS) is 14.3. The van der Waals surface area contributed by atoms with E-state index in [1.54, 1.807) is 42.5 Å². The quantitative estimate of drug-likeness (QED) is 0.301. The fraction of sp³-hybridized carbons (Fsp3) is 0.120. The molecule has 0 aromatic heterocycles. The second-order valence-corrected chi connectivity index (χ2v) is 7.78. The van der Waals surface area contributed by atoms with Gasteiger partial charge < -0.3 is 14.2 Å². The van der Waals surface area contributed by atoms with Crippen LogP contribution < -0.4 is 9.47 Å². The average Bonchev–Trinajstić information content (AvgIpc) is 3.14. The second-order valence-electron chi connectivity index (χ2n) is 6.90. The first-order valence-corrected chi connectivity index (χ1v) is 10.7. The zero-order chi connectivity index (χ0) is 22.5. The molecule has 0 spiro atoms. The Kier molecular flexibility index (Phi) is 6.78. The topological polar surface area (TPSA) is 57.1 Å². The highest BCUT2D eigenvalue weighted by Gasteiger charge is 2.24. The molecule has 1 aliphatic heterocycles. The summed E-state index contributed by atoms with van der Waals surface area (Å²) in [5.74, 6) is 0.842. The average molecular weight is 468 g/mol. The number of hydrogen-bond donors (Lipinski definition) is 0. The summed E-state index contributed by atoms with van der Waals surface area (Å²) in [4.78, 5) is 16.6. The second kappa shape index (κ2) is 9.90. The van der Waals surface area contributed by atoms with Crippen molar-refractivity contribution in [1.82, 2.24) is 0 Å². The molecule has 0 amide bonds. The highest BCUT2D eigenvalue weighted by molar-refractivity contribution is 6.31. The fourth-order valence-corrected chi connectivity index (χ4v) is 3.50. The smallest absolute Gasteiger partial charge is 0.363 e. The maximum atomic E-state index is 12.3. The van der Waals surface area contributed by atoms with Crippen LogP contribution in [-0.4, -0.2) is 18.5 Å². The lowest BCUT2D eigenvalue weighted by molar-refractivity contribution is -0.129. The number of esters is 1. The van der Waals surface area contributed by atoms with Crippen LogP contribution >= 0.6 is 23.2 Å². The first kappa shape index (κ1) is 21.9. The van der Waals surface area contributed by atoms with Crippen molar-refractivity contribution in [2.45, 2.75) is 13.5 Å². The molecule has 162 valence electrons. The molecule has 1 aliphatic rings. The van der Waals surface area contributed by atoms with E-state index in [1.807, 2.05) is 37.3 Å². The largest absolute Gasteiger partial charge is 0.490 e. The first-order valence-electron chi connectivity index (χ1n) is 9.94. The van der Waals surface area contributed by atoms with E-state index in [4.69, 9.17) is 37.4 Å². The van der Waals surface area contributed by atoms with Gasteiger partial charge in [0.25, 0.3) is 0 Å². The van der Waals surface area contributed by atoms with Crippen molar-refractivity contribution in [3.63, 3.8) is 0 Å². The summed E-state index contributed by atoms with van der Waals surface area (Å²) in [6.45, 7) is 2.70. The first-order chi connectivity index (χ1) is 15.5. The predicted octanol–water partition coefficient (Wildman–Crippen LogP) is 6.32. The molecular formula is C25H19Cl2NO4. The van der Waals surface area contributed by atoms with Gasteiger partial charge in [-0.25, -0.2) is 9.79 Å². The molecule has 7 heteroatoms. The lowest BCUT2D eigenvalue weighted by Gasteiger charge is -2.13. The molecule has 5 nitrogen and oxygen atoms in total. The van der Waals surface area contributed by atoms with E-state index in [0.717, 1.165) is 11.1 Å². The van der Waals surface area contributed by atoms with Crippen molar-refractivity contribution >= 4 is 41.1 Å². The van der Waals surface area contributed by atoms with Gasteiger partial charge in [-0.2, -0.15) is 0 Å². The van der Waals surface area contributed by atoms with Gasteiger partial charge in [0.05, 0.1) is 6.61 Å². The Morgan fingerprint density at radius 1 is 0.938 bits per heavy atom. The van der Waals surface area contributed by atoms with Gasteiger partial charge in [0, 0.05) is 15.6 Å². The zero-order valence-corrected chi connectivity index (χ0v) is 18.7. The van der Waals surface area contributed by atoms with E-state index < -0.39 is 5.97 Å².